The number of halogens is 1. The fourth-order valence-electron chi connectivity index (χ4n) is 3.53. The van der Waals surface area contributed by atoms with E-state index in [1.165, 1.54) is 5.56 Å². The summed E-state index contributed by atoms with van der Waals surface area (Å²) in [6.45, 7) is 2.66. The highest BCUT2D eigenvalue weighted by molar-refractivity contribution is 6.35. The second kappa shape index (κ2) is 8.64. The Balaban J connectivity index is 1.92. The summed E-state index contributed by atoms with van der Waals surface area (Å²) < 4.78 is 13.1. The van der Waals surface area contributed by atoms with Gasteiger partial charge in [0.2, 0.25) is 0 Å². The molecule has 0 radical (unpaired) electrons. The number of nitrogens with zero attached hydrogens (tertiary/aromatic N) is 2. The van der Waals surface area contributed by atoms with E-state index in [4.69, 9.17) is 26.2 Å². The molecule has 0 saturated carbocycles. The lowest BCUT2D eigenvalue weighted by Crippen LogP contribution is -2.05. The predicted molar refractivity (Wildman–Crippen MR) is 121 cm³/mol. The van der Waals surface area contributed by atoms with Crippen molar-refractivity contribution in [1.29, 1.82) is 0 Å². The lowest BCUT2D eigenvalue weighted by atomic mass is 10.1. The lowest BCUT2D eigenvalue weighted by Gasteiger charge is -2.12. The van der Waals surface area contributed by atoms with E-state index in [0.717, 1.165) is 33.9 Å². The van der Waals surface area contributed by atoms with Gasteiger partial charge >= 0.3 is 0 Å². The SMILES string of the molecule is COc1ccccc1-c1nn(Cc2ccc(C)cc2)c(-c2ccccc2OC)c1Cl. The van der Waals surface area contributed by atoms with Crippen LogP contribution >= 0.6 is 11.6 Å². The Morgan fingerprint density at radius 3 is 2.00 bits per heavy atom. The second-order valence-electron chi connectivity index (χ2n) is 7.06. The van der Waals surface area contributed by atoms with Gasteiger partial charge in [0, 0.05) is 11.1 Å². The number of benzene rings is 3. The molecule has 3 aromatic carbocycles. The average molecular weight is 419 g/mol. The van der Waals surface area contributed by atoms with E-state index >= 15 is 0 Å². The van der Waals surface area contributed by atoms with Crippen molar-refractivity contribution in [3.63, 3.8) is 0 Å². The largest absolute Gasteiger partial charge is 0.496 e. The summed E-state index contributed by atoms with van der Waals surface area (Å²) in [6.07, 6.45) is 0. The van der Waals surface area contributed by atoms with Gasteiger partial charge in [-0.05, 0) is 36.8 Å². The molecule has 0 atom stereocenters. The Hall–Kier alpha value is -3.24. The molecule has 5 heteroatoms. The fraction of sp³-hybridized carbons (Fsp3) is 0.160. The van der Waals surface area contributed by atoms with Crippen LogP contribution in [0.3, 0.4) is 0 Å². The van der Waals surface area contributed by atoms with E-state index in [2.05, 4.69) is 31.2 Å². The van der Waals surface area contributed by atoms with Crippen LogP contribution in [-0.4, -0.2) is 24.0 Å². The number of para-hydroxylation sites is 2. The van der Waals surface area contributed by atoms with Crippen LogP contribution in [0.25, 0.3) is 22.5 Å². The maximum atomic E-state index is 6.95. The summed E-state index contributed by atoms with van der Waals surface area (Å²) in [5.74, 6) is 1.47. The summed E-state index contributed by atoms with van der Waals surface area (Å²) in [6, 6.07) is 24.0. The Morgan fingerprint density at radius 1 is 0.800 bits per heavy atom. The van der Waals surface area contributed by atoms with Crippen molar-refractivity contribution in [2.24, 2.45) is 0 Å². The zero-order valence-electron chi connectivity index (χ0n) is 17.2. The molecule has 0 unspecified atom stereocenters. The molecule has 0 saturated heterocycles. The van der Waals surface area contributed by atoms with Crippen molar-refractivity contribution < 1.29 is 9.47 Å². The molecule has 4 aromatic rings. The highest BCUT2D eigenvalue weighted by atomic mass is 35.5. The zero-order chi connectivity index (χ0) is 21.1. The second-order valence-corrected chi connectivity index (χ2v) is 7.43. The summed E-state index contributed by atoms with van der Waals surface area (Å²) in [7, 11) is 3.31. The zero-order valence-corrected chi connectivity index (χ0v) is 18.0. The van der Waals surface area contributed by atoms with Gasteiger partial charge in [0.15, 0.2) is 0 Å². The van der Waals surface area contributed by atoms with E-state index in [1.807, 2.05) is 53.2 Å². The van der Waals surface area contributed by atoms with Crippen LogP contribution in [-0.2, 0) is 6.54 Å². The number of rotatable bonds is 6. The first-order chi connectivity index (χ1) is 14.6. The topological polar surface area (TPSA) is 36.3 Å². The third-order valence-corrected chi connectivity index (χ3v) is 5.43. The van der Waals surface area contributed by atoms with Gasteiger partial charge in [0.1, 0.15) is 17.2 Å². The molecule has 4 nitrogen and oxygen atoms in total. The Labute approximate surface area is 181 Å². The third kappa shape index (κ3) is 3.79. The van der Waals surface area contributed by atoms with Crippen LogP contribution < -0.4 is 9.47 Å². The molecule has 0 bridgehead atoms. The molecule has 1 aromatic heterocycles. The van der Waals surface area contributed by atoms with Gasteiger partial charge in [-0.15, -0.1) is 0 Å². The number of ether oxygens (including phenoxy) is 2. The molecule has 0 N–H and O–H groups in total. The number of methoxy groups -OCH3 is 2. The molecule has 0 aliphatic heterocycles. The van der Waals surface area contributed by atoms with Crippen LogP contribution in [0.15, 0.2) is 72.8 Å². The number of hydrogen-bond donors (Lipinski definition) is 0. The normalized spacial score (nSPS) is 10.8. The van der Waals surface area contributed by atoms with Crippen molar-refractivity contribution in [3.05, 3.63) is 88.9 Å². The van der Waals surface area contributed by atoms with Gasteiger partial charge in [-0.3, -0.25) is 4.68 Å². The van der Waals surface area contributed by atoms with E-state index < -0.39 is 0 Å². The predicted octanol–water partition coefficient (Wildman–Crippen LogP) is 6.24. The first kappa shape index (κ1) is 20.0. The molecular weight excluding hydrogens is 396 g/mol. The number of aryl methyl sites for hydroxylation is 1. The third-order valence-electron chi connectivity index (χ3n) is 5.07. The maximum absolute atomic E-state index is 6.95. The summed E-state index contributed by atoms with van der Waals surface area (Å²) in [4.78, 5) is 0. The van der Waals surface area contributed by atoms with Crippen LogP contribution in [0.1, 0.15) is 11.1 Å². The fourth-order valence-corrected chi connectivity index (χ4v) is 3.87. The summed E-state index contributed by atoms with van der Waals surface area (Å²) in [5, 5.41) is 5.47. The standard InChI is InChI=1S/C25H23ClN2O2/c1-17-12-14-18(15-13-17)16-28-25(20-9-5-7-11-22(20)30-3)23(26)24(27-28)19-8-4-6-10-21(19)29-2/h4-15H,16H2,1-3H3. The molecule has 0 aliphatic carbocycles. The number of aromatic nitrogens is 2. The quantitative estimate of drug-likeness (QED) is 0.371. The van der Waals surface area contributed by atoms with Gasteiger partial charge in [0.25, 0.3) is 0 Å². The summed E-state index contributed by atoms with van der Waals surface area (Å²) in [5.41, 5.74) is 5.60. The molecule has 152 valence electrons. The molecule has 0 aliphatic rings. The van der Waals surface area contributed by atoms with Crippen molar-refractivity contribution in [2.45, 2.75) is 13.5 Å². The van der Waals surface area contributed by atoms with E-state index in [0.29, 0.717) is 17.3 Å². The summed E-state index contributed by atoms with van der Waals surface area (Å²) >= 11 is 6.95. The van der Waals surface area contributed by atoms with Crippen molar-refractivity contribution in [1.82, 2.24) is 9.78 Å². The highest BCUT2D eigenvalue weighted by Crippen LogP contribution is 2.42. The minimum Gasteiger partial charge on any atom is -0.496 e. The van der Waals surface area contributed by atoms with E-state index in [1.54, 1.807) is 14.2 Å². The highest BCUT2D eigenvalue weighted by Gasteiger charge is 2.23. The first-order valence-electron chi connectivity index (χ1n) is 9.71. The van der Waals surface area contributed by atoms with Crippen LogP contribution in [0.2, 0.25) is 5.02 Å². The van der Waals surface area contributed by atoms with Crippen LogP contribution in [0, 0.1) is 6.92 Å². The Kier molecular flexibility index (Phi) is 5.77. The number of hydrogen-bond acceptors (Lipinski definition) is 3. The smallest absolute Gasteiger partial charge is 0.128 e. The molecule has 0 fully saturated rings. The van der Waals surface area contributed by atoms with Crippen LogP contribution in [0.5, 0.6) is 11.5 Å². The van der Waals surface area contributed by atoms with Crippen LogP contribution in [0.4, 0.5) is 0 Å². The lowest BCUT2D eigenvalue weighted by molar-refractivity contribution is 0.416. The Bertz CT molecular complexity index is 1170. The van der Waals surface area contributed by atoms with Crippen molar-refractivity contribution in [2.75, 3.05) is 14.2 Å². The minimum atomic E-state index is 0.566. The van der Waals surface area contributed by atoms with Gasteiger partial charge < -0.3 is 9.47 Å². The van der Waals surface area contributed by atoms with Gasteiger partial charge in [-0.1, -0.05) is 65.7 Å². The molecule has 30 heavy (non-hydrogen) atoms. The van der Waals surface area contributed by atoms with Crippen molar-refractivity contribution in [3.8, 4) is 34.0 Å². The van der Waals surface area contributed by atoms with Gasteiger partial charge in [-0.2, -0.15) is 5.10 Å². The van der Waals surface area contributed by atoms with Gasteiger partial charge in [0.05, 0.1) is 31.5 Å². The minimum absolute atomic E-state index is 0.566. The molecular formula is C25H23ClN2O2. The monoisotopic (exact) mass is 418 g/mol. The van der Waals surface area contributed by atoms with Crippen molar-refractivity contribution >= 4 is 11.6 Å². The maximum Gasteiger partial charge on any atom is 0.128 e. The Morgan fingerprint density at radius 2 is 1.37 bits per heavy atom. The van der Waals surface area contributed by atoms with Gasteiger partial charge in [-0.25, -0.2) is 0 Å². The molecule has 0 spiro atoms. The molecule has 1 heterocycles. The first-order valence-corrected chi connectivity index (χ1v) is 10.1. The average Bonchev–Trinajstić information content (AvgIpc) is 3.10. The van der Waals surface area contributed by atoms with E-state index in [9.17, 15) is 0 Å². The molecule has 4 rings (SSSR count). The van der Waals surface area contributed by atoms with E-state index in [-0.39, 0.29) is 0 Å². The molecule has 0 amide bonds.